The van der Waals surface area contributed by atoms with Gasteiger partial charge in [0.15, 0.2) is 6.54 Å². The summed E-state index contributed by atoms with van der Waals surface area (Å²) in [5.74, 6) is 0.0707. The second-order valence-corrected chi connectivity index (χ2v) is 6.21. The zero-order chi connectivity index (χ0) is 15.4. The van der Waals surface area contributed by atoms with Crippen molar-refractivity contribution >= 4 is 22.5 Å². The first-order chi connectivity index (χ1) is 10.7. The van der Waals surface area contributed by atoms with Crippen molar-refractivity contribution in [1.29, 1.82) is 0 Å². The lowest BCUT2D eigenvalue weighted by molar-refractivity contribution is -0.681. The van der Waals surface area contributed by atoms with Crippen molar-refractivity contribution in [2.24, 2.45) is 0 Å². The van der Waals surface area contributed by atoms with Crippen LogP contribution in [-0.2, 0) is 4.79 Å². The van der Waals surface area contributed by atoms with Crippen LogP contribution < -0.4 is 10.6 Å². The number of aromatic nitrogens is 1. The summed E-state index contributed by atoms with van der Waals surface area (Å²) in [6.07, 6.45) is 6.43. The van der Waals surface area contributed by atoms with Gasteiger partial charge >= 0.3 is 0 Å². The molecule has 3 N–H and O–H groups in total. The Balaban J connectivity index is 1.66. The molecule has 22 heavy (non-hydrogen) atoms. The smallest absolute Gasteiger partial charge is 0.279 e. The van der Waals surface area contributed by atoms with E-state index in [1.165, 1.54) is 32.1 Å². The number of hydrogen-bond acceptors (Lipinski definition) is 2. The summed E-state index contributed by atoms with van der Waals surface area (Å²) in [5.41, 5.74) is 2.71. The Labute approximate surface area is 131 Å². The van der Waals surface area contributed by atoms with Crippen molar-refractivity contribution in [3.63, 3.8) is 0 Å². The number of hydrogen-bond donors (Lipinski definition) is 2. The van der Waals surface area contributed by atoms with Crippen molar-refractivity contribution < 1.29 is 10.1 Å². The number of fused-ring (bicyclic) bond motifs is 1. The van der Waals surface area contributed by atoms with Crippen LogP contribution in [0.2, 0.25) is 0 Å². The van der Waals surface area contributed by atoms with Gasteiger partial charge in [-0.2, -0.15) is 0 Å². The molecule has 1 aromatic carbocycles. The quantitative estimate of drug-likeness (QED) is 0.910. The van der Waals surface area contributed by atoms with Gasteiger partial charge in [0.2, 0.25) is 0 Å². The van der Waals surface area contributed by atoms with Crippen LogP contribution in [0.3, 0.4) is 0 Å². The third kappa shape index (κ3) is 3.63. The molecule has 116 valence electrons. The molecule has 4 heteroatoms. The number of pyridine rings is 1. The molecular formula is C18H24N3O+. The molecule has 1 amide bonds. The Morgan fingerprint density at radius 2 is 2.05 bits per heavy atom. The molecule has 0 saturated heterocycles. The van der Waals surface area contributed by atoms with E-state index >= 15 is 0 Å². The average Bonchev–Trinajstić information content (AvgIpc) is 2.54. The predicted molar refractivity (Wildman–Crippen MR) is 88.8 cm³/mol. The third-order valence-corrected chi connectivity index (χ3v) is 4.40. The Kier molecular flexibility index (Phi) is 4.68. The molecule has 0 bridgehead atoms. The first-order valence-electron chi connectivity index (χ1n) is 8.22. The number of nitrogens with two attached hydrogens (primary N) is 1. The van der Waals surface area contributed by atoms with Crippen molar-refractivity contribution in [3.05, 3.63) is 36.0 Å². The molecule has 1 aliphatic rings. The number of para-hydroxylation sites is 1. The van der Waals surface area contributed by atoms with E-state index in [0.717, 1.165) is 22.3 Å². The largest absolute Gasteiger partial charge is 0.336 e. The molecule has 4 nitrogen and oxygen atoms in total. The van der Waals surface area contributed by atoms with Crippen LogP contribution >= 0.6 is 0 Å². The van der Waals surface area contributed by atoms with Crippen LogP contribution in [0.4, 0.5) is 5.69 Å². The highest BCUT2D eigenvalue weighted by Crippen LogP contribution is 2.22. The minimum Gasteiger partial charge on any atom is -0.336 e. The van der Waals surface area contributed by atoms with E-state index in [-0.39, 0.29) is 5.91 Å². The predicted octanol–water partition coefficient (Wildman–Crippen LogP) is 2.38. The second kappa shape index (κ2) is 6.88. The fourth-order valence-corrected chi connectivity index (χ4v) is 3.26. The number of carbonyl (C=O) groups is 1. The SMILES string of the molecule is Cc1cc(NC(=O)C[NH2+]C2CCCCC2)c2ccccc2n1. The number of nitrogens with one attached hydrogen (secondary N) is 1. The van der Waals surface area contributed by atoms with Gasteiger partial charge < -0.3 is 10.6 Å². The van der Waals surface area contributed by atoms with Crippen molar-refractivity contribution in [2.45, 2.75) is 45.1 Å². The number of amides is 1. The Bertz CT molecular complexity index is 662. The maximum absolute atomic E-state index is 12.2. The number of quaternary nitrogens is 1. The first-order valence-corrected chi connectivity index (χ1v) is 8.22. The summed E-state index contributed by atoms with van der Waals surface area (Å²) in [7, 11) is 0. The van der Waals surface area contributed by atoms with Crippen molar-refractivity contribution in [2.75, 3.05) is 11.9 Å². The number of rotatable bonds is 4. The summed E-state index contributed by atoms with van der Waals surface area (Å²) in [5, 5.41) is 6.25. The number of carbonyl (C=O) groups excluding carboxylic acids is 1. The molecule has 0 atom stereocenters. The Morgan fingerprint density at radius 3 is 2.86 bits per heavy atom. The van der Waals surface area contributed by atoms with E-state index in [2.05, 4.69) is 15.6 Å². The summed E-state index contributed by atoms with van der Waals surface area (Å²) < 4.78 is 0. The fourth-order valence-electron chi connectivity index (χ4n) is 3.26. The van der Waals surface area contributed by atoms with Gasteiger partial charge in [-0.3, -0.25) is 9.78 Å². The molecular weight excluding hydrogens is 274 g/mol. The third-order valence-electron chi connectivity index (χ3n) is 4.40. The van der Waals surface area contributed by atoms with Gasteiger partial charge in [0.05, 0.1) is 17.2 Å². The Morgan fingerprint density at radius 1 is 1.27 bits per heavy atom. The maximum atomic E-state index is 12.2. The first kappa shape index (κ1) is 15.0. The van der Waals surface area contributed by atoms with Crippen LogP contribution in [0, 0.1) is 6.92 Å². The normalized spacial score (nSPS) is 15.9. The molecule has 0 aliphatic heterocycles. The maximum Gasteiger partial charge on any atom is 0.279 e. The highest BCUT2D eigenvalue weighted by atomic mass is 16.1. The van der Waals surface area contributed by atoms with Crippen molar-refractivity contribution in [1.82, 2.24) is 4.98 Å². The minimum atomic E-state index is 0.0707. The van der Waals surface area contributed by atoms with Gasteiger partial charge in [-0.25, -0.2) is 0 Å². The molecule has 0 spiro atoms. The van der Waals surface area contributed by atoms with Gasteiger partial charge in [-0.15, -0.1) is 0 Å². The monoisotopic (exact) mass is 298 g/mol. The summed E-state index contributed by atoms with van der Waals surface area (Å²) >= 11 is 0. The standard InChI is InChI=1S/C18H23N3O/c1-13-11-17(15-9-5-6-10-16(15)20-13)21-18(22)12-19-14-7-3-2-4-8-14/h5-6,9-11,14,19H,2-4,7-8,12H2,1H3,(H,20,21,22)/p+1. The number of anilines is 1. The lowest BCUT2D eigenvalue weighted by Crippen LogP contribution is -2.91. The molecule has 1 fully saturated rings. The Hall–Kier alpha value is -1.94. The van der Waals surface area contributed by atoms with Crippen LogP contribution in [0.15, 0.2) is 30.3 Å². The van der Waals surface area contributed by atoms with Crippen LogP contribution in [0.1, 0.15) is 37.8 Å². The zero-order valence-corrected chi connectivity index (χ0v) is 13.1. The molecule has 1 saturated carbocycles. The average molecular weight is 298 g/mol. The summed E-state index contributed by atoms with van der Waals surface area (Å²) in [4.78, 5) is 16.8. The van der Waals surface area contributed by atoms with Gasteiger partial charge in [-0.05, 0) is 44.7 Å². The lowest BCUT2D eigenvalue weighted by Gasteiger charge is -2.19. The molecule has 1 heterocycles. The van der Waals surface area contributed by atoms with E-state index in [9.17, 15) is 4.79 Å². The topological polar surface area (TPSA) is 58.6 Å². The van der Waals surface area contributed by atoms with E-state index in [1.54, 1.807) is 0 Å². The van der Waals surface area contributed by atoms with Gasteiger partial charge in [0.1, 0.15) is 0 Å². The molecule has 2 aromatic rings. The van der Waals surface area contributed by atoms with E-state index in [0.29, 0.717) is 12.6 Å². The second-order valence-electron chi connectivity index (χ2n) is 6.21. The van der Waals surface area contributed by atoms with Crippen LogP contribution in [-0.4, -0.2) is 23.5 Å². The van der Waals surface area contributed by atoms with Gasteiger partial charge in [0, 0.05) is 11.1 Å². The number of benzene rings is 1. The zero-order valence-electron chi connectivity index (χ0n) is 13.1. The molecule has 3 rings (SSSR count). The summed E-state index contributed by atoms with van der Waals surface area (Å²) in [6.45, 7) is 2.45. The summed E-state index contributed by atoms with van der Waals surface area (Å²) in [6, 6.07) is 10.5. The van der Waals surface area contributed by atoms with E-state index < -0.39 is 0 Å². The van der Waals surface area contributed by atoms with Crippen molar-refractivity contribution in [3.8, 4) is 0 Å². The molecule has 1 aliphatic carbocycles. The number of nitrogens with zero attached hydrogens (tertiary/aromatic N) is 1. The molecule has 0 radical (unpaired) electrons. The van der Waals surface area contributed by atoms with Gasteiger partial charge in [-0.1, -0.05) is 24.6 Å². The highest BCUT2D eigenvalue weighted by molar-refractivity contribution is 6.01. The minimum absolute atomic E-state index is 0.0707. The van der Waals surface area contributed by atoms with Gasteiger partial charge in [0.25, 0.3) is 5.91 Å². The van der Waals surface area contributed by atoms with E-state index in [1.807, 2.05) is 37.3 Å². The molecule has 0 unspecified atom stereocenters. The lowest BCUT2D eigenvalue weighted by atomic mass is 9.95. The van der Waals surface area contributed by atoms with Crippen LogP contribution in [0.5, 0.6) is 0 Å². The molecule has 1 aromatic heterocycles. The van der Waals surface area contributed by atoms with E-state index in [4.69, 9.17) is 0 Å². The fraction of sp³-hybridized carbons (Fsp3) is 0.444. The highest BCUT2D eigenvalue weighted by Gasteiger charge is 2.17. The number of aryl methyl sites for hydroxylation is 1. The van der Waals surface area contributed by atoms with Crippen LogP contribution in [0.25, 0.3) is 10.9 Å².